The zero-order chi connectivity index (χ0) is 22.1. The van der Waals surface area contributed by atoms with Gasteiger partial charge >= 0.3 is 0 Å². The molecule has 6 nitrogen and oxygen atoms in total. The minimum atomic E-state index is -0.542. The van der Waals surface area contributed by atoms with Crippen molar-refractivity contribution in [2.24, 2.45) is 0 Å². The Labute approximate surface area is 190 Å². The molecule has 3 heterocycles. The van der Waals surface area contributed by atoms with Crippen molar-refractivity contribution in [2.45, 2.75) is 38.5 Å². The Morgan fingerprint density at radius 2 is 1.84 bits per heavy atom. The van der Waals surface area contributed by atoms with Gasteiger partial charge in [-0.3, -0.25) is 9.69 Å². The van der Waals surface area contributed by atoms with Gasteiger partial charge in [0.15, 0.2) is 0 Å². The van der Waals surface area contributed by atoms with Crippen LogP contribution in [0.15, 0.2) is 42.5 Å². The average molecular weight is 436 g/mol. The molecule has 1 N–H and O–H groups in total. The molecule has 3 aliphatic heterocycles. The molecule has 6 heteroatoms. The van der Waals surface area contributed by atoms with Crippen LogP contribution < -0.4 is 4.90 Å². The summed E-state index contributed by atoms with van der Waals surface area (Å²) < 4.78 is 5.65. The van der Waals surface area contributed by atoms with Crippen LogP contribution in [0.4, 0.5) is 5.69 Å². The lowest BCUT2D eigenvalue weighted by atomic mass is 9.97. The fraction of sp³-hybridized carbons (Fsp3) is 0.500. The summed E-state index contributed by atoms with van der Waals surface area (Å²) in [6, 6.07) is 14.7. The van der Waals surface area contributed by atoms with Crippen LogP contribution in [0.2, 0.25) is 0 Å². The van der Waals surface area contributed by atoms with Crippen molar-refractivity contribution in [1.82, 2.24) is 9.80 Å². The van der Waals surface area contributed by atoms with Crippen molar-refractivity contribution in [3.63, 3.8) is 0 Å². The molecule has 1 amide bonds. The standard InChI is InChI=1S/C26H33N3O3/c1-19-15-28(12-13-32-19)23-6-7-25-21(14-23)9-11-29(26(25)31)18-24(30)17-27-10-8-20-4-2-3-5-22(20)16-27/h2-7,14,19,24,30H,8-13,15-18H2,1H3/t19-,24-/m1/s1. The van der Waals surface area contributed by atoms with E-state index in [1.807, 2.05) is 11.0 Å². The quantitative estimate of drug-likeness (QED) is 0.781. The second-order valence-corrected chi connectivity index (χ2v) is 9.38. The first kappa shape index (κ1) is 21.4. The van der Waals surface area contributed by atoms with Gasteiger partial charge in [-0.2, -0.15) is 0 Å². The first-order valence-electron chi connectivity index (χ1n) is 11.8. The monoisotopic (exact) mass is 435 g/mol. The summed E-state index contributed by atoms with van der Waals surface area (Å²) in [5, 5.41) is 10.8. The molecule has 1 fully saturated rings. The van der Waals surface area contributed by atoms with Crippen molar-refractivity contribution in [3.8, 4) is 0 Å². The third kappa shape index (κ3) is 4.53. The number of amides is 1. The molecule has 0 spiro atoms. The second-order valence-electron chi connectivity index (χ2n) is 9.38. The number of hydrogen-bond donors (Lipinski definition) is 1. The number of aliphatic hydroxyl groups is 1. The summed E-state index contributed by atoms with van der Waals surface area (Å²) in [6.07, 6.45) is 1.54. The van der Waals surface area contributed by atoms with E-state index in [4.69, 9.17) is 4.74 Å². The van der Waals surface area contributed by atoms with Crippen molar-refractivity contribution >= 4 is 11.6 Å². The van der Waals surface area contributed by atoms with E-state index in [2.05, 4.69) is 53.1 Å². The molecule has 3 aliphatic rings. The number of β-amino-alcohol motifs (C(OH)–C–C–N with tert-alkyl or cyclic N) is 1. The number of aliphatic hydroxyl groups excluding tert-OH is 1. The van der Waals surface area contributed by atoms with E-state index in [0.717, 1.165) is 56.8 Å². The number of hydrogen-bond acceptors (Lipinski definition) is 5. The maximum atomic E-state index is 13.1. The highest BCUT2D eigenvalue weighted by Crippen LogP contribution is 2.26. The van der Waals surface area contributed by atoms with Gasteiger partial charge in [0, 0.05) is 57.1 Å². The van der Waals surface area contributed by atoms with Crippen molar-refractivity contribution in [1.29, 1.82) is 0 Å². The van der Waals surface area contributed by atoms with E-state index in [0.29, 0.717) is 19.6 Å². The van der Waals surface area contributed by atoms with Crippen LogP contribution in [0.3, 0.4) is 0 Å². The molecule has 2 aromatic rings. The Bertz CT molecular complexity index is 979. The molecular weight excluding hydrogens is 402 g/mol. The van der Waals surface area contributed by atoms with E-state index >= 15 is 0 Å². The van der Waals surface area contributed by atoms with Gasteiger partial charge in [0.25, 0.3) is 5.91 Å². The summed E-state index contributed by atoms with van der Waals surface area (Å²) in [4.78, 5) is 19.6. The van der Waals surface area contributed by atoms with Crippen LogP contribution in [0.25, 0.3) is 0 Å². The van der Waals surface area contributed by atoms with Gasteiger partial charge in [-0.25, -0.2) is 0 Å². The zero-order valence-electron chi connectivity index (χ0n) is 18.9. The number of rotatable bonds is 5. The lowest BCUT2D eigenvalue weighted by molar-refractivity contribution is 0.0492. The fourth-order valence-electron chi connectivity index (χ4n) is 5.27. The number of carbonyl (C=O) groups is 1. The van der Waals surface area contributed by atoms with Crippen molar-refractivity contribution in [3.05, 3.63) is 64.7 Å². The molecule has 0 aliphatic carbocycles. The molecule has 1 saturated heterocycles. The lowest BCUT2D eigenvalue weighted by Crippen LogP contribution is -2.46. The van der Waals surface area contributed by atoms with Crippen LogP contribution in [0.5, 0.6) is 0 Å². The van der Waals surface area contributed by atoms with E-state index in [1.165, 1.54) is 16.8 Å². The maximum Gasteiger partial charge on any atom is 0.254 e. The Morgan fingerprint density at radius 1 is 1.03 bits per heavy atom. The summed E-state index contributed by atoms with van der Waals surface area (Å²) in [5.41, 5.74) is 5.82. The van der Waals surface area contributed by atoms with Crippen LogP contribution in [-0.2, 0) is 24.1 Å². The maximum absolute atomic E-state index is 13.1. The van der Waals surface area contributed by atoms with Gasteiger partial charge in [0.1, 0.15) is 0 Å². The predicted molar refractivity (Wildman–Crippen MR) is 125 cm³/mol. The van der Waals surface area contributed by atoms with Gasteiger partial charge in [-0.05, 0) is 54.7 Å². The highest BCUT2D eigenvalue weighted by Gasteiger charge is 2.28. The van der Waals surface area contributed by atoms with E-state index in [9.17, 15) is 9.90 Å². The second kappa shape index (κ2) is 9.22. The molecule has 2 atom stereocenters. The van der Waals surface area contributed by atoms with Gasteiger partial charge in [-0.15, -0.1) is 0 Å². The summed E-state index contributed by atoms with van der Waals surface area (Å²) in [6.45, 7) is 8.07. The Hall–Kier alpha value is -2.41. The molecule has 0 radical (unpaired) electrons. The first-order valence-corrected chi connectivity index (χ1v) is 11.8. The van der Waals surface area contributed by atoms with E-state index < -0.39 is 6.10 Å². The van der Waals surface area contributed by atoms with Crippen molar-refractivity contribution in [2.75, 3.05) is 50.8 Å². The van der Waals surface area contributed by atoms with Crippen LogP contribution >= 0.6 is 0 Å². The number of fused-ring (bicyclic) bond motifs is 2. The summed E-state index contributed by atoms with van der Waals surface area (Å²) in [5.74, 6) is 0.0381. The van der Waals surface area contributed by atoms with E-state index in [-0.39, 0.29) is 12.0 Å². The first-order chi connectivity index (χ1) is 15.6. The highest BCUT2D eigenvalue weighted by molar-refractivity contribution is 5.97. The molecule has 32 heavy (non-hydrogen) atoms. The summed E-state index contributed by atoms with van der Waals surface area (Å²) >= 11 is 0. The topological polar surface area (TPSA) is 56.2 Å². The normalized spacial score (nSPS) is 22.4. The Kier molecular flexibility index (Phi) is 6.17. The predicted octanol–water partition coefficient (Wildman–Crippen LogP) is 2.33. The fourth-order valence-corrected chi connectivity index (χ4v) is 5.27. The molecule has 0 saturated carbocycles. The highest BCUT2D eigenvalue weighted by atomic mass is 16.5. The largest absolute Gasteiger partial charge is 0.390 e. The van der Waals surface area contributed by atoms with Gasteiger partial charge < -0.3 is 19.6 Å². The molecule has 0 unspecified atom stereocenters. The van der Waals surface area contributed by atoms with Crippen LogP contribution in [0.1, 0.15) is 34.0 Å². The smallest absolute Gasteiger partial charge is 0.254 e. The molecule has 170 valence electrons. The number of nitrogens with zero attached hydrogens (tertiary/aromatic N) is 3. The number of ether oxygens (including phenoxy) is 1. The molecule has 2 aromatic carbocycles. The number of carbonyl (C=O) groups excluding carboxylic acids is 1. The van der Waals surface area contributed by atoms with Crippen LogP contribution in [0, 0.1) is 0 Å². The van der Waals surface area contributed by atoms with Crippen molar-refractivity contribution < 1.29 is 14.6 Å². The van der Waals surface area contributed by atoms with Crippen LogP contribution in [-0.4, -0.2) is 78.9 Å². The number of anilines is 1. The Morgan fingerprint density at radius 3 is 2.69 bits per heavy atom. The number of benzene rings is 2. The third-order valence-corrected chi connectivity index (χ3v) is 6.97. The van der Waals surface area contributed by atoms with Gasteiger partial charge in [0.05, 0.1) is 18.8 Å². The molecule has 0 aromatic heterocycles. The molecule has 0 bridgehead atoms. The minimum absolute atomic E-state index is 0.0381. The lowest BCUT2D eigenvalue weighted by Gasteiger charge is -2.35. The molecule has 5 rings (SSSR count). The Balaban J connectivity index is 1.19. The van der Waals surface area contributed by atoms with E-state index in [1.54, 1.807) is 0 Å². The zero-order valence-corrected chi connectivity index (χ0v) is 18.9. The number of morpholine rings is 1. The minimum Gasteiger partial charge on any atom is -0.390 e. The summed E-state index contributed by atoms with van der Waals surface area (Å²) in [7, 11) is 0. The van der Waals surface area contributed by atoms with Gasteiger partial charge in [0.2, 0.25) is 0 Å². The van der Waals surface area contributed by atoms with Gasteiger partial charge in [-0.1, -0.05) is 24.3 Å². The average Bonchev–Trinajstić information content (AvgIpc) is 2.80. The molecular formula is C26H33N3O3. The SMILES string of the molecule is C[C@@H]1CN(c2ccc3c(c2)CCN(C[C@H](O)CN2CCc4ccccc4C2)C3=O)CCO1. The third-order valence-electron chi connectivity index (χ3n) is 6.97.